The smallest absolute Gasteiger partial charge is 0.0647 e. The van der Waals surface area contributed by atoms with Gasteiger partial charge in [-0.25, -0.2) is 0 Å². The fourth-order valence-electron chi connectivity index (χ4n) is 3.39. The Hall–Kier alpha value is -1.09. The second-order valence-electron chi connectivity index (χ2n) is 6.33. The van der Waals surface area contributed by atoms with E-state index < -0.39 is 0 Å². The molecule has 1 unspecified atom stereocenters. The molecule has 21 heavy (non-hydrogen) atoms. The Morgan fingerprint density at radius 1 is 1.24 bits per heavy atom. The van der Waals surface area contributed by atoms with Crippen molar-refractivity contribution >= 4 is 0 Å². The van der Waals surface area contributed by atoms with Crippen LogP contribution in [0.4, 0.5) is 0 Å². The van der Waals surface area contributed by atoms with E-state index in [1.165, 1.54) is 61.9 Å². The topological polar surface area (TPSA) is 29.9 Å². The Bertz CT molecular complexity index is 485. The number of rotatable bonds is 5. The normalized spacial score (nSPS) is 18.0. The molecule has 3 heteroatoms. The molecule has 2 rings (SSSR count). The Morgan fingerprint density at radius 2 is 2.00 bits per heavy atom. The Morgan fingerprint density at radius 3 is 2.67 bits per heavy atom. The van der Waals surface area contributed by atoms with Crippen LogP contribution >= 0.6 is 0 Å². The number of aromatic nitrogens is 2. The summed E-state index contributed by atoms with van der Waals surface area (Å²) in [7, 11) is 2.05. The van der Waals surface area contributed by atoms with Gasteiger partial charge in [-0.3, -0.25) is 4.68 Å². The van der Waals surface area contributed by atoms with Crippen molar-refractivity contribution in [3.8, 4) is 0 Å². The molecule has 1 atom stereocenters. The van der Waals surface area contributed by atoms with Gasteiger partial charge in [0, 0.05) is 18.3 Å². The lowest BCUT2D eigenvalue weighted by Gasteiger charge is -2.24. The lowest BCUT2D eigenvalue weighted by Crippen LogP contribution is -2.25. The lowest BCUT2D eigenvalue weighted by atomic mass is 9.90. The van der Waals surface area contributed by atoms with E-state index in [0.29, 0.717) is 6.04 Å². The Labute approximate surface area is 129 Å². The molecule has 0 aromatic carbocycles. The van der Waals surface area contributed by atoms with Gasteiger partial charge in [-0.05, 0) is 52.5 Å². The molecule has 3 nitrogen and oxygen atoms in total. The zero-order chi connectivity index (χ0) is 15.2. The molecule has 1 N–H and O–H groups in total. The minimum absolute atomic E-state index is 0.358. The first-order chi connectivity index (χ1) is 10.1. The van der Waals surface area contributed by atoms with Crippen molar-refractivity contribution < 1.29 is 0 Å². The maximum atomic E-state index is 4.63. The third-order valence-electron chi connectivity index (χ3n) is 4.65. The summed E-state index contributed by atoms with van der Waals surface area (Å²) >= 11 is 0. The highest BCUT2D eigenvalue weighted by atomic mass is 15.3. The number of nitrogens with one attached hydrogen (secondary N) is 1. The van der Waals surface area contributed by atoms with Gasteiger partial charge in [0.1, 0.15) is 0 Å². The predicted molar refractivity (Wildman–Crippen MR) is 89.5 cm³/mol. The maximum Gasteiger partial charge on any atom is 0.0647 e. The number of nitrogens with zero attached hydrogens (tertiary/aromatic N) is 2. The van der Waals surface area contributed by atoms with Crippen LogP contribution in [0, 0.1) is 13.8 Å². The van der Waals surface area contributed by atoms with Crippen LogP contribution in [0.15, 0.2) is 11.6 Å². The van der Waals surface area contributed by atoms with E-state index in [4.69, 9.17) is 0 Å². The fourth-order valence-corrected chi connectivity index (χ4v) is 3.39. The van der Waals surface area contributed by atoms with Crippen molar-refractivity contribution in [2.45, 2.75) is 71.8 Å². The molecule has 0 saturated carbocycles. The summed E-state index contributed by atoms with van der Waals surface area (Å²) in [4.78, 5) is 0. The summed E-state index contributed by atoms with van der Waals surface area (Å²) in [5, 5.41) is 8.40. The standard InChI is InChI=1S/C18H31N3/c1-5-13-19-18(16-11-9-7-6-8-10-12-16)17-14(2)20-21(4)15(17)3/h11,18-19H,5-10,12-13H2,1-4H3. The number of allylic oxidation sites excluding steroid dienone is 1. The third kappa shape index (κ3) is 3.97. The van der Waals surface area contributed by atoms with Crippen molar-refractivity contribution in [1.82, 2.24) is 15.1 Å². The van der Waals surface area contributed by atoms with Gasteiger partial charge in [0.15, 0.2) is 0 Å². The molecule has 0 radical (unpaired) electrons. The summed E-state index contributed by atoms with van der Waals surface area (Å²) in [6.45, 7) is 7.64. The summed E-state index contributed by atoms with van der Waals surface area (Å²) < 4.78 is 2.02. The molecule has 1 aliphatic carbocycles. The van der Waals surface area contributed by atoms with Crippen molar-refractivity contribution in [2.75, 3.05) is 6.54 Å². The minimum Gasteiger partial charge on any atom is -0.306 e. The van der Waals surface area contributed by atoms with Crippen LogP contribution in [0.25, 0.3) is 0 Å². The lowest BCUT2D eigenvalue weighted by molar-refractivity contribution is 0.537. The van der Waals surface area contributed by atoms with Crippen molar-refractivity contribution in [3.63, 3.8) is 0 Å². The molecular formula is C18H31N3. The van der Waals surface area contributed by atoms with E-state index in [-0.39, 0.29) is 0 Å². The van der Waals surface area contributed by atoms with Gasteiger partial charge in [-0.2, -0.15) is 5.10 Å². The van der Waals surface area contributed by atoms with Crippen LogP contribution in [0.3, 0.4) is 0 Å². The van der Waals surface area contributed by atoms with Gasteiger partial charge in [-0.15, -0.1) is 0 Å². The zero-order valence-corrected chi connectivity index (χ0v) is 14.2. The van der Waals surface area contributed by atoms with Crippen molar-refractivity contribution in [3.05, 3.63) is 28.6 Å². The highest BCUT2D eigenvalue weighted by molar-refractivity contribution is 5.35. The molecular weight excluding hydrogens is 258 g/mol. The second-order valence-corrected chi connectivity index (χ2v) is 6.33. The van der Waals surface area contributed by atoms with Gasteiger partial charge >= 0.3 is 0 Å². The van der Waals surface area contributed by atoms with Crippen LogP contribution in [0.1, 0.15) is 74.9 Å². The van der Waals surface area contributed by atoms with E-state index in [9.17, 15) is 0 Å². The quantitative estimate of drug-likeness (QED) is 0.816. The Balaban J connectivity index is 2.32. The first-order valence-electron chi connectivity index (χ1n) is 8.57. The van der Waals surface area contributed by atoms with E-state index in [1.807, 2.05) is 4.68 Å². The average molecular weight is 289 g/mol. The minimum atomic E-state index is 0.358. The summed E-state index contributed by atoms with van der Waals surface area (Å²) in [5.41, 5.74) is 5.45. The largest absolute Gasteiger partial charge is 0.306 e. The van der Waals surface area contributed by atoms with E-state index >= 15 is 0 Å². The second kappa shape index (κ2) is 7.79. The van der Waals surface area contributed by atoms with Gasteiger partial charge in [0.2, 0.25) is 0 Å². The van der Waals surface area contributed by atoms with Crippen LogP contribution in [0.5, 0.6) is 0 Å². The number of hydrogen-bond donors (Lipinski definition) is 1. The first kappa shape index (κ1) is 16.3. The Kier molecular flexibility index (Phi) is 6.04. The number of hydrogen-bond acceptors (Lipinski definition) is 2. The summed E-state index contributed by atoms with van der Waals surface area (Å²) in [5.74, 6) is 0. The highest BCUT2D eigenvalue weighted by Gasteiger charge is 2.23. The molecule has 1 aromatic heterocycles. The monoisotopic (exact) mass is 289 g/mol. The van der Waals surface area contributed by atoms with E-state index in [1.54, 1.807) is 5.57 Å². The van der Waals surface area contributed by atoms with Gasteiger partial charge in [0.05, 0.1) is 11.7 Å². The van der Waals surface area contributed by atoms with Gasteiger partial charge < -0.3 is 5.32 Å². The molecule has 0 bridgehead atoms. The predicted octanol–water partition coefficient (Wildman–Crippen LogP) is 4.36. The van der Waals surface area contributed by atoms with Crippen molar-refractivity contribution in [2.24, 2.45) is 7.05 Å². The van der Waals surface area contributed by atoms with Gasteiger partial charge in [0.25, 0.3) is 0 Å². The van der Waals surface area contributed by atoms with Crippen LogP contribution in [-0.2, 0) is 7.05 Å². The van der Waals surface area contributed by atoms with Crippen LogP contribution in [0.2, 0.25) is 0 Å². The molecule has 1 heterocycles. The molecule has 0 fully saturated rings. The van der Waals surface area contributed by atoms with E-state index in [2.05, 4.69) is 44.3 Å². The zero-order valence-electron chi connectivity index (χ0n) is 14.2. The summed E-state index contributed by atoms with van der Waals surface area (Å²) in [6, 6.07) is 0.358. The van der Waals surface area contributed by atoms with Crippen LogP contribution < -0.4 is 5.32 Å². The molecule has 0 aliphatic heterocycles. The molecule has 1 aliphatic rings. The molecule has 118 valence electrons. The molecule has 0 spiro atoms. The van der Waals surface area contributed by atoms with E-state index in [0.717, 1.165) is 6.54 Å². The number of aryl methyl sites for hydroxylation is 2. The fraction of sp³-hybridized carbons (Fsp3) is 0.722. The first-order valence-corrected chi connectivity index (χ1v) is 8.57. The van der Waals surface area contributed by atoms with Crippen LogP contribution in [-0.4, -0.2) is 16.3 Å². The SMILES string of the molecule is CCCNC(C1=CCCCCCC1)c1c(C)nn(C)c1C. The molecule has 0 saturated heterocycles. The molecule has 0 amide bonds. The van der Waals surface area contributed by atoms with Crippen molar-refractivity contribution in [1.29, 1.82) is 0 Å². The molecule has 1 aromatic rings. The average Bonchev–Trinajstić information content (AvgIpc) is 2.66. The van der Waals surface area contributed by atoms with Gasteiger partial charge in [-0.1, -0.05) is 31.4 Å². The third-order valence-corrected chi connectivity index (χ3v) is 4.65. The maximum absolute atomic E-state index is 4.63. The summed E-state index contributed by atoms with van der Waals surface area (Å²) in [6.07, 6.45) is 11.6. The highest BCUT2D eigenvalue weighted by Crippen LogP contribution is 2.32.